The van der Waals surface area contributed by atoms with Gasteiger partial charge in [-0.3, -0.25) is 0 Å². The van der Waals surface area contributed by atoms with Crippen molar-refractivity contribution in [2.75, 3.05) is 13.7 Å². The molecule has 2 aromatic rings. The van der Waals surface area contributed by atoms with Crippen molar-refractivity contribution in [1.29, 1.82) is 0 Å². The smallest absolute Gasteiger partial charge is 0.375 e. The molecule has 0 aliphatic carbocycles. The van der Waals surface area contributed by atoms with Crippen LogP contribution in [0.2, 0.25) is 0 Å². The molecule has 7 nitrogen and oxygen atoms in total. The molecule has 0 bridgehead atoms. The summed E-state index contributed by atoms with van der Waals surface area (Å²) in [4.78, 5) is 25.5. The van der Waals surface area contributed by atoms with Crippen molar-refractivity contribution in [3.8, 4) is 11.5 Å². The second-order valence-corrected chi connectivity index (χ2v) is 6.24. The maximum absolute atomic E-state index is 12.9. The number of hydrogen-bond acceptors (Lipinski definition) is 7. The van der Waals surface area contributed by atoms with Gasteiger partial charge >= 0.3 is 11.9 Å². The lowest BCUT2D eigenvalue weighted by Crippen LogP contribution is -2.44. The highest BCUT2D eigenvalue weighted by Gasteiger charge is 2.56. The number of cyclic esters (lactones) is 1. The first-order valence-electron chi connectivity index (χ1n) is 8.68. The standard InChI is InChI=1S/C21H20O7/c1-3-27-18-17(14-6-10-16(23)11-7-14)21(20(25)26-2,28-19(18)24)12-13-4-8-15(22)9-5-13/h4-11,22-23H,3,12H2,1-2H3/t21-/m1/s1. The van der Waals surface area contributed by atoms with E-state index in [0.717, 1.165) is 0 Å². The predicted octanol–water partition coefficient (Wildman–Crippen LogP) is 2.56. The number of carbonyl (C=O) groups excluding carboxylic acids is 2. The van der Waals surface area contributed by atoms with Crippen LogP contribution in [0.25, 0.3) is 5.57 Å². The van der Waals surface area contributed by atoms with E-state index in [9.17, 15) is 19.8 Å². The van der Waals surface area contributed by atoms with Gasteiger partial charge in [-0.05, 0) is 42.3 Å². The Balaban J connectivity index is 2.20. The highest BCUT2D eigenvalue weighted by Crippen LogP contribution is 2.44. The lowest BCUT2D eigenvalue weighted by atomic mass is 9.83. The zero-order chi connectivity index (χ0) is 20.3. The van der Waals surface area contributed by atoms with Crippen LogP contribution >= 0.6 is 0 Å². The van der Waals surface area contributed by atoms with Gasteiger partial charge in [0.15, 0.2) is 0 Å². The summed E-state index contributed by atoms with van der Waals surface area (Å²) in [6.07, 6.45) is -0.0154. The second-order valence-electron chi connectivity index (χ2n) is 6.24. The number of ether oxygens (including phenoxy) is 3. The highest BCUT2D eigenvalue weighted by atomic mass is 16.6. The van der Waals surface area contributed by atoms with Crippen LogP contribution in [0, 0.1) is 0 Å². The molecule has 0 fully saturated rings. The van der Waals surface area contributed by atoms with Crippen molar-refractivity contribution in [2.24, 2.45) is 0 Å². The molecule has 2 aromatic carbocycles. The largest absolute Gasteiger partial charge is 0.508 e. The molecule has 1 aliphatic heterocycles. The summed E-state index contributed by atoms with van der Waals surface area (Å²) in [5, 5.41) is 19.1. The summed E-state index contributed by atoms with van der Waals surface area (Å²) < 4.78 is 16.1. The van der Waals surface area contributed by atoms with Crippen LogP contribution in [0.1, 0.15) is 18.1 Å². The van der Waals surface area contributed by atoms with E-state index in [1.54, 1.807) is 31.2 Å². The zero-order valence-corrected chi connectivity index (χ0v) is 15.5. The van der Waals surface area contributed by atoms with Crippen molar-refractivity contribution in [3.05, 3.63) is 65.4 Å². The molecule has 0 unspecified atom stereocenters. The Bertz CT molecular complexity index is 913. The maximum Gasteiger partial charge on any atom is 0.375 e. The van der Waals surface area contributed by atoms with Crippen molar-refractivity contribution in [3.63, 3.8) is 0 Å². The van der Waals surface area contributed by atoms with E-state index in [4.69, 9.17) is 14.2 Å². The molecular formula is C21H20O7. The first kappa shape index (κ1) is 19.3. The summed E-state index contributed by atoms with van der Waals surface area (Å²) in [5.74, 6) is -1.49. The molecule has 0 aromatic heterocycles. The Hall–Kier alpha value is -3.48. The van der Waals surface area contributed by atoms with Gasteiger partial charge < -0.3 is 24.4 Å². The maximum atomic E-state index is 12.9. The van der Waals surface area contributed by atoms with Crippen molar-refractivity contribution >= 4 is 17.5 Å². The Morgan fingerprint density at radius 1 is 1.04 bits per heavy atom. The Morgan fingerprint density at radius 3 is 2.14 bits per heavy atom. The van der Waals surface area contributed by atoms with E-state index in [1.165, 1.54) is 31.4 Å². The molecule has 0 amide bonds. The number of hydrogen-bond donors (Lipinski definition) is 2. The molecule has 7 heteroatoms. The molecule has 0 radical (unpaired) electrons. The minimum absolute atomic E-state index is 0.0154. The monoisotopic (exact) mass is 384 g/mol. The third-order valence-corrected chi connectivity index (χ3v) is 4.43. The third kappa shape index (κ3) is 3.38. The molecule has 28 heavy (non-hydrogen) atoms. The SMILES string of the molecule is CCOC1=C(c2ccc(O)cc2)[C@](Cc2ccc(O)cc2)(C(=O)OC)OC1=O. The van der Waals surface area contributed by atoms with Gasteiger partial charge in [0.25, 0.3) is 0 Å². The lowest BCUT2D eigenvalue weighted by molar-refractivity contribution is -0.169. The van der Waals surface area contributed by atoms with Gasteiger partial charge in [0.05, 0.1) is 19.3 Å². The van der Waals surface area contributed by atoms with Crippen LogP contribution < -0.4 is 0 Å². The summed E-state index contributed by atoms with van der Waals surface area (Å²) in [7, 11) is 1.21. The highest BCUT2D eigenvalue weighted by molar-refractivity contribution is 6.11. The number of esters is 2. The normalized spacial score (nSPS) is 18.7. The zero-order valence-electron chi connectivity index (χ0n) is 15.5. The molecule has 0 saturated carbocycles. The van der Waals surface area contributed by atoms with Gasteiger partial charge in [0, 0.05) is 6.42 Å². The van der Waals surface area contributed by atoms with Gasteiger partial charge in [-0.25, -0.2) is 9.59 Å². The molecule has 2 N–H and O–H groups in total. The fourth-order valence-electron chi connectivity index (χ4n) is 3.22. The van der Waals surface area contributed by atoms with Crippen molar-refractivity contribution in [1.82, 2.24) is 0 Å². The van der Waals surface area contributed by atoms with Gasteiger partial charge in [0.2, 0.25) is 11.4 Å². The van der Waals surface area contributed by atoms with Gasteiger partial charge in [-0.2, -0.15) is 0 Å². The quantitative estimate of drug-likeness (QED) is 0.738. The van der Waals surface area contributed by atoms with Crippen LogP contribution in [-0.2, 0) is 30.2 Å². The number of phenols is 2. The summed E-state index contributed by atoms with van der Waals surface area (Å²) in [6.45, 7) is 1.91. The molecular weight excluding hydrogens is 364 g/mol. The fourth-order valence-corrected chi connectivity index (χ4v) is 3.22. The number of phenolic OH excluding ortho intramolecular Hbond substituents is 2. The van der Waals surface area contributed by atoms with Gasteiger partial charge in [-0.15, -0.1) is 0 Å². The number of carbonyl (C=O) groups is 2. The average Bonchev–Trinajstić information content (AvgIpc) is 2.96. The molecule has 1 heterocycles. The van der Waals surface area contributed by atoms with Crippen LogP contribution in [0.15, 0.2) is 54.3 Å². The number of rotatable bonds is 6. The van der Waals surface area contributed by atoms with E-state index in [0.29, 0.717) is 11.1 Å². The van der Waals surface area contributed by atoms with Gasteiger partial charge in [-0.1, -0.05) is 24.3 Å². The van der Waals surface area contributed by atoms with Crippen molar-refractivity contribution < 1.29 is 34.0 Å². The predicted molar refractivity (Wildman–Crippen MR) is 99.3 cm³/mol. The molecule has 1 atom stereocenters. The van der Waals surface area contributed by atoms with E-state index in [-0.39, 0.29) is 35.9 Å². The second kappa shape index (κ2) is 7.64. The van der Waals surface area contributed by atoms with Crippen LogP contribution in [0.4, 0.5) is 0 Å². The molecule has 0 saturated heterocycles. The van der Waals surface area contributed by atoms with Gasteiger partial charge in [0.1, 0.15) is 11.5 Å². The third-order valence-electron chi connectivity index (χ3n) is 4.43. The van der Waals surface area contributed by atoms with E-state index >= 15 is 0 Å². The van der Waals surface area contributed by atoms with Crippen LogP contribution in [0.3, 0.4) is 0 Å². The average molecular weight is 384 g/mol. The van der Waals surface area contributed by atoms with E-state index in [1.807, 2.05) is 0 Å². The number of aromatic hydroxyl groups is 2. The minimum atomic E-state index is -1.76. The molecule has 146 valence electrons. The van der Waals surface area contributed by atoms with Crippen LogP contribution in [-0.4, -0.2) is 41.5 Å². The first-order valence-corrected chi connectivity index (χ1v) is 8.68. The van der Waals surface area contributed by atoms with E-state index < -0.39 is 17.5 Å². The fraction of sp³-hybridized carbons (Fsp3) is 0.238. The Morgan fingerprint density at radius 2 is 1.61 bits per heavy atom. The number of benzene rings is 2. The van der Waals surface area contributed by atoms with Crippen LogP contribution in [0.5, 0.6) is 11.5 Å². The Kier molecular flexibility index (Phi) is 5.26. The van der Waals surface area contributed by atoms with E-state index in [2.05, 4.69) is 0 Å². The number of methoxy groups -OCH3 is 1. The summed E-state index contributed by atoms with van der Waals surface area (Å²) in [5.41, 5.74) is -0.398. The Labute approximate surface area is 161 Å². The topological polar surface area (TPSA) is 102 Å². The minimum Gasteiger partial charge on any atom is -0.508 e. The molecule has 0 spiro atoms. The lowest BCUT2D eigenvalue weighted by Gasteiger charge is -2.28. The summed E-state index contributed by atoms with van der Waals surface area (Å²) >= 11 is 0. The summed E-state index contributed by atoms with van der Waals surface area (Å²) in [6, 6.07) is 12.2. The molecule has 3 rings (SSSR count). The molecule has 1 aliphatic rings. The first-order chi connectivity index (χ1) is 13.4. The van der Waals surface area contributed by atoms with Crippen molar-refractivity contribution in [2.45, 2.75) is 18.9 Å².